The second-order valence-electron chi connectivity index (χ2n) is 6.64. The summed E-state index contributed by atoms with van der Waals surface area (Å²) in [6.45, 7) is 1.89. The van der Waals surface area contributed by atoms with E-state index in [0.717, 1.165) is 37.8 Å². The zero-order valence-electron chi connectivity index (χ0n) is 16.6. The Labute approximate surface area is 169 Å². The number of benzene rings is 1. The highest BCUT2D eigenvalue weighted by Crippen LogP contribution is 2.20. The van der Waals surface area contributed by atoms with E-state index in [9.17, 15) is 23.2 Å². The molecule has 0 bridgehead atoms. The van der Waals surface area contributed by atoms with Gasteiger partial charge in [-0.05, 0) is 18.6 Å². The number of unbranched alkanes of at least 4 members (excludes halogenated alkanes) is 4. The Morgan fingerprint density at radius 3 is 2.34 bits per heavy atom. The van der Waals surface area contributed by atoms with Crippen molar-refractivity contribution in [3.05, 3.63) is 29.8 Å². The lowest BCUT2D eigenvalue weighted by molar-refractivity contribution is -0.130. The van der Waals surface area contributed by atoms with Crippen molar-refractivity contribution in [3.8, 4) is 5.75 Å². The zero-order chi connectivity index (χ0) is 21.6. The molecule has 1 aromatic rings. The van der Waals surface area contributed by atoms with Crippen LogP contribution in [0.5, 0.6) is 5.75 Å². The van der Waals surface area contributed by atoms with Crippen molar-refractivity contribution >= 4 is 17.7 Å². The van der Waals surface area contributed by atoms with E-state index in [2.05, 4.69) is 17.6 Å². The number of carbonyl (C=O) groups excluding carboxylic acids is 3. The van der Waals surface area contributed by atoms with Crippen molar-refractivity contribution in [2.75, 3.05) is 13.2 Å². The molecule has 1 aromatic carbocycles. The summed E-state index contributed by atoms with van der Waals surface area (Å²) < 4.78 is 31.8. The van der Waals surface area contributed by atoms with Crippen molar-refractivity contribution in [1.82, 2.24) is 10.6 Å². The lowest BCUT2D eigenvalue weighted by Gasteiger charge is -2.15. The molecule has 0 aliphatic heterocycles. The van der Waals surface area contributed by atoms with Crippen molar-refractivity contribution in [3.63, 3.8) is 0 Å². The van der Waals surface area contributed by atoms with E-state index in [-0.39, 0.29) is 31.9 Å². The molecule has 0 spiro atoms. The van der Waals surface area contributed by atoms with Gasteiger partial charge in [-0.3, -0.25) is 14.4 Å². The summed E-state index contributed by atoms with van der Waals surface area (Å²) in [6, 6.07) is 2.20. The van der Waals surface area contributed by atoms with Gasteiger partial charge in [-0.1, -0.05) is 38.7 Å². The number of hydrogen-bond donors (Lipinski definition) is 3. The highest BCUT2D eigenvalue weighted by Gasteiger charge is 2.21. The number of primary amides is 1. The first-order chi connectivity index (χ1) is 13.8. The molecule has 162 valence electrons. The minimum atomic E-state index is -1.12. The molecule has 7 nitrogen and oxygen atoms in total. The molecule has 3 amide bonds. The maximum atomic E-state index is 13.4. The number of carbonyl (C=O) groups is 3. The van der Waals surface area contributed by atoms with Crippen molar-refractivity contribution in [2.24, 2.45) is 5.73 Å². The molecular formula is C20H29F2N3O4. The molecule has 0 saturated heterocycles. The minimum absolute atomic E-state index is 0.0382. The summed E-state index contributed by atoms with van der Waals surface area (Å²) in [5, 5.41) is 4.91. The first kappa shape index (κ1) is 24.3. The number of para-hydroxylation sites is 1. The third-order valence-electron chi connectivity index (χ3n) is 4.17. The first-order valence-corrected chi connectivity index (χ1v) is 9.77. The Hall–Kier alpha value is -2.71. The fourth-order valence-electron chi connectivity index (χ4n) is 2.60. The number of amides is 3. The molecule has 1 atom stereocenters. The van der Waals surface area contributed by atoms with Crippen LogP contribution in [0.2, 0.25) is 0 Å². The molecule has 0 fully saturated rings. The molecular weight excluding hydrogens is 384 g/mol. The number of halogens is 2. The van der Waals surface area contributed by atoms with E-state index >= 15 is 0 Å². The molecule has 9 heteroatoms. The van der Waals surface area contributed by atoms with Crippen LogP contribution in [0.1, 0.15) is 51.9 Å². The smallest absolute Gasteiger partial charge is 0.240 e. The number of ether oxygens (including phenoxy) is 1. The second kappa shape index (κ2) is 13.5. The Morgan fingerprint density at radius 1 is 1.07 bits per heavy atom. The predicted molar refractivity (Wildman–Crippen MR) is 104 cm³/mol. The van der Waals surface area contributed by atoms with Gasteiger partial charge in [0.05, 0.1) is 13.0 Å². The second-order valence-corrected chi connectivity index (χ2v) is 6.64. The Balaban J connectivity index is 2.33. The van der Waals surface area contributed by atoms with Gasteiger partial charge in [-0.15, -0.1) is 0 Å². The first-order valence-electron chi connectivity index (χ1n) is 9.77. The Morgan fingerprint density at radius 2 is 1.72 bits per heavy atom. The number of hydrogen-bond acceptors (Lipinski definition) is 4. The van der Waals surface area contributed by atoms with E-state index < -0.39 is 35.2 Å². The van der Waals surface area contributed by atoms with E-state index in [1.165, 1.54) is 6.07 Å². The standard InChI is InChI=1S/C20H29F2N3O4/c1-2-3-4-5-6-10-17(26)25-16(20(23)28)13-18(27)24-11-12-29-19-14(21)8-7-9-15(19)22/h7-9,16H,2-6,10-13H2,1H3,(H2,23,28)(H,24,27)(H,25,26)/t16-/m1/s1. The van der Waals surface area contributed by atoms with Gasteiger partial charge in [0.15, 0.2) is 17.4 Å². The molecule has 0 radical (unpaired) electrons. The van der Waals surface area contributed by atoms with Crippen LogP contribution in [0, 0.1) is 11.6 Å². The van der Waals surface area contributed by atoms with Gasteiger partial charge in [-0.25, -0.2) is 8.78 Å². The van der Waals surface area contributed by atoms with Crippen LogP contribution in [0.15, 0.2) is 18.2 Å². The molecule has 0 aromatic heterocycles. The summed E-state index contributed by atoms with van der Waals surface area (Å²) in [6.07, 6.45) is 4.82. The largest absolute Gasteiger partial charge is 0.486 e. The number of nitrogens with two attached hydrogens (primary N) is 1. The van der Waals surface area contributed by atoms with E-state index in [0.29, 0.717) is 6.42 Å². The highest BCUT2D eigenvalue weighted by atomic mass is 19.1. The van der Waals surface area contributed by atoms with Gasteiger partial charge in [0.2, 0.25) is 17.7 Å². The molecule has 29 heavy (non-hydrogen) atoms. The SMILES string of the molecule is CCCCCCCC(=O)N[C@H](CC(=O)NCCOc1c(F)cccc1F)C(N)=O. The maximum Gasteiger partial charge on any atom is 0.240 e. The summed E-state index contributed by atoms with van der Waals surface area (Å²) in [5.74, 6) is -3.91. The topological polar surface area (TPSA) is 111 Å². The normalized spacial score (nSPS) is 11.6. The average molecular weight is 413 g/mol. The Bertz CT molecular complexity index is 665. The zero-order valence-corrected chi connectivity index (χ0v) is 16.6. The van der Waals surface area contributed by atoms with Crippen LogP contribution in [-0.2, 0) is 14.4 Å². The molecule has 0 heterocycles. The van der Waals surface area contributed by atoms with E-state index in [1.807, 2.05) is 0 Å². The van der Waals surface area contributed by atoms with Crippen LogP contribution in [0.25, 0.3) is 0 Å². The number of rotatable bonds is 14. The molecule has 4 N–H and O–H groups in total. The van der Waals surface area contributed by atoms with Crippen LogP contribution < -0.4 is 21.1 Å². The van der Waals surface area contributed by atoms with Gasteiger partial charge in [0.1, 0.15) is 12.6 Å². The quantitative estimate of drug-likeness (QED) is 0.406. The fourth-order valence-corrected chi connectivity index (χ4v) is 2.60. The molecule has 0 unspecified atom stereocenters. The summed E-state index contributed by atoms with van der Waals surface area (Å²) in [5.41, 5.74) is 5.25. The van der Waals surface area contributed by atoms with Gasteiger partial charge in [0, 0.05) is 6.42 Å². The monoisotopic (exact) mass is 413 g/mol. The van der Waals surface area contributed by atoms with Gasteiger partial charge < -0.3 is 21.1 Å². The lowest BCUT2D eigenvalue weighted by atomic mass is 10.1. The van der Waals surface area contributed by atoms with E-state index in [4.69, 9.17) is 10.5 Å². The highest BCUT2D eigenvalue weighted by molar-refractivity contribution is 5.91. The maximum absolute atomic E-state index is 13.4. The van der Waals surface area contributed by atoms with E-state index in [1.54, 1.807) is 0 Å². The molecule has 0 aliphatic carbocycles. The fraction of sp³-hybridized carbons (Fsp3) is 0.550. The third-order valence-corrected chi connectivity index (χ3v) is 4.17. The molecule has 1 rings (SSSR count). The van der Waals surface area contributed by atoms with Crippen LogP contribution in [-0.4, -0.2) is 36.9 Å². The average Bonchev–Trinajstić information content (AvgIpc) is 2.66. The lowest BCUT2D eigenvalue weighted by Crippen LogP contribution is -2.47. The Kier molecular flexibility index (Phi) is 11.3. The molecule has 0 aliphatic rings. The van der Waals surface area contributed by atoms with Crippen molar-refractivity contribution < 1.29 is 27.9 Å². The summed E-state index contributed by atoms with van der Waals surface area (Å²) in [4.78, 5) is 35.3. The van der Waals surface area contributed by atoms with Crippen molar-refractivity contribution in [2.45, 2.75) is 57.9 Å². The van der Waals surface area contributed by atoms with Gasteiger partial charge in [-0.2, -0.15) is 0 Å². The third kappa shape index (κ3) is 9.87. The minimum Gasteiger partial charge on any atom is -0.486 e. The van der Waals surface area contributed by atoms with Crippen LogP contribution in [0.3, 0.4) is 0 Å². The number of nitrogens with one attached hydrogen (secondary N) is 2. The van der Waals surface area contributed by atoms with Crippen molar-refractivity contribution in [1.29, 1.82) is 0 Å². The van der Waals surface area contributed by atoms with Crippen LogP contribution in [0.4, 0.5) is 8.78 Å². The predicted octanol–water partition coefficient (Wildman–Crippen LogP) is 2.18. The molecule has 0 saturated carbocycles. The van der Waals surface area contributed by atoms with Crippen LogP contribution >= 0.6 is 0 Å². The van der Waals surface area contributed by atoms with Gasteiger partial charge in [0.25, 0.3) is 0 Å². The summed E-state index contributed by atoms with van der Waals surface area (Å²) in [7, 11) is 0. The van der Waals surface area contributed by atoms with Gasteiger partial charge >= 0.3 is 0 Å². The summed E-state index contributed by atoms with van der Waals surface area (Å²) >= 11 is 0.